The molecule has 0 N–H and O–H groups in total. The van der Waals surface area contributed by atoms with Gasteiger partial charge in [0.2, 0.25) is 17.6 Å². The number of rotatable bonds is 3. The first-order valence-corrected chi connectivity index (χ1v) is 5.79. The highest BCUT2D eigenvalue weighted by Crippen LogP contribution is 2.31. The average Bonchev–Trinajstić information content (AvgIpc) is 2.75. The van der Waals surface area contributed by atoms with E-state index < -0.39 is 0 Å². The molecule has 1 aromatic heterocycles. The lowest BCUT2D eigenvalue weighted by Gasteiger charge is -2.34. The molecule has 0 bridgehead atoms. The number of carbonyl (C=O) groups excluding carboxylic acids is 3. The van der Waals surface area contributed by atoms with Crippen LogP contribution in [0.25, 0.3) is 0 Å². The Morgan fingerprint density at radius 1 is 1.33 bits per heavy atom. The van der Waals surface area contributed by atoms with Gasteiger partial charge < -0.3 is 4.42 Å². The van der Waals surface area contributed by atoms with Crippen LogP contribution in [0.15, 0.2) is 22.8 Å². The molecular formula is C13H15NO4. The highest BCUT2D eigenvalue weighted by atomic mass is 16.3. The molecule has 0 aliphatic carbocycles. The number of nitrogens with zero attached hydrogens (tertiary/aromatic N) is 1. The molecule has 2 amide bonds. The number of Topliss-reactive ketones (excluding diaryl/α,β-unsaturated/α-hetero) is 1. The highest BCUT2D eigenvalue weighted by Gasteiger charge is 2.38. The van der Waals surface area contributed by atoms with Crippen molar-refractivity contribution in [1.29, 1.82) is 0 Å². The van der Waals surface area contributed by atoms with Gasteiger partial charge in [0.1, 0.15) is 0 Å². The van der Waals surface area contributed by atoms with E-state index in [-0.39, 0.29) is 48.2 Å². The van der Waals surface area contributed by atoms with Crippen molar-refractivity contribution in [3.05, 3.63) is 24.2 Å². The average molecular weight is 249 g/mol. The van der Waals surface area contributed by atoms with Gasteiger partial charge in [-0.2, -0.15) is 0 Å². The smallest absolute Gasteiger partial charge is 0.230 e. The summed E-state index contributed by atoms with van der Waals surface area (Å²) in [7, 11) is 0. The molecule has 1 aliphatic heterocycles. The van der Waals surface area contributed by atoms with E-state index in [0.717, 1.165) is 4.90 Å². The normalized spacial score (nSPS) is 19.1. The predicted molar refractivity (Wildman–Crippen MR) is 62.8 cm³/mol. The Morgan fingerprint density at radius 2 is 1.94 bits per heavy atom. The van der Waals surface area contributed by atoms with Crippen LogP contribution in [0, 0.1) is 5.41 Å². The minimum Gasteiger partial charge on any atom is -0.461 e. The summed E-state index contributed by atoms with van der Waals surface area (Å²) in [6.07, 6.45) is 1.95. The monoisotopic (exact) mass is 249 g/mol. The molecule has 0 aromatic carbocycles. The molecule has 18 heavy (non-hydrogen) atoms. The topological polar surface area (TPSA) is 67.6 Å². The van der Waals surface area contributed by atoms with Crippen LogP contribution in [0.3, 0.4) is 0 Å². The number of imide groups is 1. The fourth-order valence-corrected chi connectivity index (χ4v) is 2.05. The van der Waals surface area contributed by atoms with E-state index in [2.05, 4.69) is 0 Å². The van der Waals surface area contributed by atoms with Crippen molar-refractivity contribution in [2.45, 2.75) is 26.7 Å². The number of furan rings is 1. The van der Waals surface area contributed by atoms with Gasteiger partial charge in [-0.25, -0.2) is 0 Å². The molecular weight excluding hydrogens is 234 g/mol. The van der Waals surface area contributed by atoms with Crippen molar-refractivity contribution in [1.82, 2.24) is 4.90 Å². The second-order valence-electron chi connectivity index (χ2n) is 5.29. The molecule has 1 saturated heterocycles. The molecule has 1 aromatic rings. The molecule has 5 heteroatoms. The van der Waals surface area contributed by atoms with Gasteiger partial charge in [0.05, 0.1) is 12.8 Å². The van der Waals surface area contributed by atoms with Crippen LogP contribution in [0.2, 0.25) is 0 Å². The summed E-state index contributed by atoms with van der Waals surface area (Å²) in [6.45, 7) is 3.50. The van der Waals surface area contributed by atoms with E-state index >= 15 is 0 Å². The number of likely N-dealkylation sites (tertiary alicyclic amines) is 1. The number of piperidine rings is 1. The Kier molecular flexibility index (Phi) is 3.07. The van der Waals surface area contributed by atoms with Crippen LogP contribution in [-0.2, 0) is 9.59 Å². The first kappa shape index (κ1) is 12.5. The third-order valence-corrected chi connectivity index (χ3v) is 2.96. The standard InChI is InChI=1S/C13H15NO4/c1-13(2)6-11(16)14(12(17)7-13)8-9(15)10-4-3-5-18-10/h3-5H,6-8H2,1-2H3. The molecule has 0 atom stereocenters. The number of carbonyl (C=O) groups is 3. The first-order chi connectivity index (χ1) is 8.39. The lowest BCUT2D eigenvalue weighted by Crippen LogP contribution is -2.48. The maximum atomic E-state index is 11.8. The van der Waals surface area contributed by atoms with Crippen molar-refractivity contribution < 1.29 is 18.8 Å². The molecule has 2 heterocycles. The second-order valence-corrected chi connectivity index (χ2v) is 5.29. The lowest BCUT2D eigenvalue weighted by atomic mass is 9.81. The first-order valence-electron chi connectivity index (χ1n) is 5.79. The Balaban J connectivity index is 2.08. The van der Waals surface area contributed by atoms with Gasteiger partial charge in [-0.05, 0) is 17.5 Å². The number of ketones is 1. The van der Waals surface area contributed by atoms with Crippen molar-refractivity contribution in [3.8, 4) is 0 Å². The van der Waals surface area contributed by atoms with Crippen LogP contribution in [0.1, 0.15) is 37.2 Å². The Hall–Kier alpha value is -1.91. The van der Waals surface area contributed by atoms with Crippen molar-refractivity contribution in [3.63, 3.8) is 0 Å². The van der Waals surface area contributed by atoms with E-state index in [1.807, 2.05) is 13.8 Å². The summed E-state index contributed by atoms with van der Waals surface area (Å²) >= 11 is 0. The Labute approximate surface area is 105 Å². The zero-order valence-corrected chi connectivity index (χ0v) is 10.4. The molecule has 0 radical (unpaired) electrons. The van der Waals surface area contributed by atoms with Crippen LogP contribution in [-0.4, -0.2) is 29.0 Å². The van der Waals surface area contributed by atoms with Crippen LogP contribution in [0.5, 0.6) is 0 Å². The van der Waals surface area contributed by atoms with Crippen molar-refractivity contribution >= 4 is 17.6 Å². The molecule has 5 nitrogen and oxygen atoms in total. The molecule has 96 valence electrons. The largest absolute Gasteiger partial charge is 0.461 e. The maximum Gasteiger partial charge on any atom is 0.230 e. The van der Waals surface area contributed by atoms with Crippen LogP contribution in [0.4, 0.5) is 0 Å². The van der Waals surface area contributed by atoms with Gasteiger partial charge in [-0.3, -0.25) is 19.3 Å². The van der Waals surface area contributed by atoms with E-state index in [4.69, 9.17) is 4.42 Å². The Bertz CT molecular complexity index is 467. The quantitative estimate of drug-likeness (QED) is 0.603. The highest BCUT2D eigenvalue weighted by molar-refractivity contribution is 6.04. The minimum absolute atomic E-state index is 0.167. The predicted octanol–water partition coefficient (Wildman–Crippen LogP) is 1.64. The maximum absolute atomic E-state index is 11.8. The van der Waals surface area contributed by atoms with Gasteiger partial charge >= 0.3 is 0 Å². The molecule has 1 aliphatic rings. The van der Waals surface area contributed by atoms with E-state index in [9.17, 15) is 14.4 Å². The molecule has 2 rings (SSSR count). The summed E-state index contributed by atoms with van der Waals surface area (Å²) in [5.41, 5.74) is -0.321. The zero-order valence-electron chi connectivity index (χ0n) is 10.4. The lowest BCUT2D eigenvalue weighted by molar-refractivity contribution is -0.151. The van der Waals surface area contributed by atoms with Gasteiger partial charge in [-0.15, -0.1) is 0 Å². The third-order valence-electron chi connectivity index (χ3n) is 2.96. The fourth-order valence-electron chi connectivity index (χ4n) is 2.05. The summed E-state index contributed by atoms with van der Waals surface area (Å²) in [5.74, 6) is -0.783. The third kappa shape index (κ3) is 2.50. The molecule has 1 fully saturated rings. The zero-order chi connectivity index (χ0) is 13.3. The SMILES string of the molecule is CC1(C)CC(=O)N(CC(=O)c2ccco2)C(=O)C1. The molecule has 0 spiro atoms. The van der Waals surface area contributed by atoms with Gasteiger partial charge in [-0.1, -0.05) is 13.8 Å². The van der Waals surface area contributed by atoms with E-state index in [0.29, 0.717) is 0 Å². The summed E-state index contributed by atoms with van der Waals surface area (Å²) in [4.78, 5) is 36.5. The summed E-state index contributed by atoms with van der Waals surface area (Å²) in [6, 6.07) is 3.11. The van der Waals surface area contributed by atoms with Crippen molar-refractivity contribution in [2.75, 3.05) is 6.54 Å². The summed E-state index contributed by atoms with van der Waals surface area (Å²) in [5, 5.41) is 0. The molecule has 0 saturated carbocycles. The van der Waals surface area contributed by atoms with E-state index in [1.165, 1.54) is 12.3 Å². The van der Waals surface area contributed by atoms with E-state index in [1.54, 1.807) is 6.07 Å². The van der Waals surface area contributed by atoms with Crippen LogP contribution >= 0.6 is 0 Å². The fraction of sp³-hybridized carbons (Fsp3) is 0.462. The second kappa shape index (κ2) is 4.40. The van der Waals surface area contributed by atoms with Gasteiger partial charge in [0.25, 0.3) is 0 Å². The number of hydrogen-bond acceptors (Lipinski definition) is 4. The van der Waals surface area contributed by atoms with Gasteiger partial charge in [0, 0.05) is 12.8 Å². The van der Waals surface area contributed by atoms with Crippen molar-refractivity contribution in [2.24, 2.45) is 5.41 Å². The Morgan fingerprint density at radius 3 is 2.44 bits per heavy atom. The summed E-state index contributed by atoms with van der Waals surface area (Å²) < 4.78 is 4.95. The molecule has 0 unspecified atom stereocenters. The minimum atomic E-state index is -0.360. The van der Waals surface area contributed by atoms with Gasteiger partial charge in [0.15, 0.2) is 5.76 Å². The number of amides is 2. The number of hydrogen-bond donors (Lipinski definition) is 0. The van der Waals surface area contributed by atoms with Crippen LogP contribution < -0.4 is 0 Å².